The second-order valence-corrected chi connectivity index (χ2v) is 5.82. The highest BCUT2D eigenvalue weighted by atomic mass is 15.1. The average Bonchev–Trinajstić information content (AvgIpc) is 2.81. The summed E-state index contributed by atoms with van der Waals surface area (Å²) in [4.78, 5) is 4.27. The molecule has 0 saturated carbocycles. The molecule has 0 aromatic heterocycles. The SMILES string of the molecule is CC1(CC2CN=CN2)CCc2ccccc2C1. The number of hydrogen-bond acceptors (Lipinski definition) is 2. The van der Waals surface area contributed by atoms with Gasteiger partial charge in [-0.1, -0.05) is 31.2 Å². The molecule has 0 fully saturated rings. The Kier molecular flexibility index (Phi) is 2.65. The van der Waals surface area contributed by atoms with E-state index in [0.29, 0.717) is 11.5 Å². The Morgan fingerprint density at radius 1 is 1.35 bits per heavy atom. The van der Waals surface area contributed by atoms with Gasteiger partial charge in [0.25, 0.3) is 0 Å². The normalized spacial score (nSPS) is 31.0. The molecule has 2 aliphatic rings. The van der Waals surface area contributed by atoms with Crippen molar-refractivity contribution in [3.8, 4) is 0 Å². The Hall–Kier alpha value is -1.31. The van der Waals surface area contributed by atoms with Gasteiger partial charge < -0.3 is 5.32 Å². The van der Waals surface area contributed by atoms with Crippen LogP contribution in [0, 0.1) is 5.41 Å². The lowest BCUT2D eigenvalue weighted by Crippen LogP contribution is -2.35. The Morgan fingerprint density at radius 2 is 2.18 bits per heavy atom. The summed E-state index contributed by atoms with van der Waals surface area (Å²) in [6, 6.07) is 9.47. The van der Waals surface area contributed by atoms with E-state index in [1.807, 2.05) is 6.34 Å². The predicted molar refractivity (Wildman–Crippen MR) is 71.5 cm³/mol. The van der Waals surface area contributed by atoms with Gasteiger partial charge in [0.15, 0.2) is 0 Å². The molecule has 2 unspecified atom stereocenters. The zero-order valence-corrected chi connectivity index (χ0v) is 10.4. The van der Waals surface area contributed by atoms with Crippen LogP contribution in [0.4, 0.5) is 0 Å². The average molecular weight is 228 g/mol. The Labute approximate surface area is 103 Å². The van der Waals surface area contributed by atoms with Gasteiger partial charge in [-0.25, -0.2) is 0 Å². The topological polar surface area (TPSA) is 24.4 Å². The molecule has 0 bridgehead atoms. The van der Waals surface area contributed by atoms with Crippen LogP contribution in [-0.4, -0.2) is 18.9 Å². The molecule has 1 aromatic carbocycles. The molecular formula is C15H20N2. The summed E-state index contributed by atoms with van der Waals surface area (Å²) < 4.78 is 0. The third-order valence-electron chi connectivity index (χ3n) is 4.20. The Balaban J connectivity index is 1.73. The lowest BCUT2D eigenvalue weighted by atomic mass is 9.69. The van der Waals surface area contributed by atoms with Crippen LogP contribution in [0.3, 0.4) is 0 Å². The van der Waals surface area contributed by atoms with Crippen molar-refractivity contribution in [1.29, 1.82) is 0 Å². The van der Waals surface area contributed by atoms with E-state index in [2.05, 4.69) is 41.5 Å². The van der Waals surface area contributed by atoms with Gasteiger partial charge in [-0.15, -0.1) is 0 Å². The molecule has 1 heterocycles. The Morgan fingerprint density at radius 3 is 2.94 bits per heavy atom. The zero-order valence-electron chi connectivity index (χ0n) is 10.4. The van der Waals surface area contributed by atoms with E-state index in [0.717, 1.165) is 6.54 Å². The van der Waals surface area contributed by atoms with Gasteiger partial charge in [0.1, 0.15) is 0 Å². The standard InChI is InChI=1S/C15H20N2/c1-15(9-14-10-16-11-17-14)7-6-12-4-2-3-5-13(12)8-15/h2-5,11,14H,6-10H2,1H3,(H,16,17). The van der Waals surface area contributed by atoms with Crippen molar-refractivity contribution in [2.45, 2.75) is 38.6 Å². The van der Waals surface area contributed by atoms with Gasteiger partial charge in [0.2, 0.25) is 0 Å². The number of rotatable bonds is 2. The van der Waals surface area contributed by atoms with Crippen molar-refractivity contribution in [3.05, 3.63) is 35.4 Å². The van der Waals surface area contributed by atoms with E-state index < -0.39 is 0 Å². The number of hydrogen-bond donors (Lipinski definition) is 1. The van der Waals surface area contributed by atoms with Crippen LogP contribution < -0.4 is 5.32 Å². The van der Waals surface area contributed by atoms with Crippen LogP contribution in [0.2, 0.25) is 0 Å². The van der Waals surface area contributed by atoms with Gasteiger partial charge in [-0.3, -0.25) is 4.99 Å². The van der Waals surface area contributed by atoms with Crippen molar-refractivity contribution in [3.63, 3.8) is 0 Å². The maximum atomic E-state index is 4.27. The largest absolute Gasteiger partial charge is 0.372 e. The third-order valence-corrected chi connectivity index (χ3v) is 4.20. The summed E-state index contributed by atoms with van der Waals surface area (Å²) in [5.74, 6) is 0. The van der Waals surface area contributed by atoms with Crippen LogP contribution >= 0.6 is 0 Å². The monoisotopic (exact) mass is 228 g/mol. The summed E-state index contributed by atoms with van der Waals surface area (Å²) in [7, 11) is 0. The van der Waals surface area contributed by atoms with Crippen LogP contribution in [0.25, 0.3) is 0 Å². The van der Waals surface area contributed by atoms with Crippen molar-refractivity contribution in [2.75, 3.05) is 6.54 Å². The second-order valence-electron chi connectivity index (χ2n) is 5.82. The first kappa shape index (κ1) is 10.8. The lowest BCUT2D eigenvalue weighted by Gasteiger charge is -2.36. The number of fused-ring (bicyclic) bond motifs is 1. The second kappa shape index (κ2) is 4.17. The first-order valence-electron chi connectivity index (χ1n) is 6.56. The fraction of sp³-hybridized carbons (Fsp3) is 0.533. The van der Waals surface area contributed by atoms with Crippen LogP contribution in [0.15, 0.2) is 29.3 Å². The fourth-order valence-electron chi connectivity index (χ4n) is 3.24. The van der Waals surface area contributed by atoms with Crippen molar-refractivity contribution in [2.24, 2.45) is 10.4 Å². The molecule has 2 atom stereocenters. The number of nitrogens with one attached hydrogen (secondary N) is 1. The predicted octanol–water partition coefficient (Wildman–Crippen LogP) is 2.57. The summed E-state index contributed by atoms with van der Waals surface area (Å²) in [5.41, 5.74) is 3.56. The highest BCUT2D eigenvalue weighted by Gasteiger charge is 2.32. The number of aliphatic imine (C=N–C) groups is 1. The Bertz CT molecular complexity index is 430. The summed E-state index contributed by atoms with van der Waals surface area (Å²) >= 11 is 0. The summed E-state index contributed by atoms with van der Waals surface area (Å²) in [6.07, 6.45) is 6.87. The first-order chi connectivity index (χ1) is 8.25. The lowest BCUT2D eigenvalue weighted by molar-refractivity contribution is 0.234. The van der Waals surface area contributed by atoms with E-state index in [1.54, 1.807) is 11.1 Å². The van der Waals surface area contributed by atoms with Crippen LogP contribution in [0.1, 0.15) is 30.9 Å². The molecule has 0 spiro atoms. The summed E-state index contributed by atoms with van der Waals surface area (Å²) in [6.45, 7) is 3.39. The summed E-state index contributed by atoms with van der Waals surface area (Å²) in [5, 5.41) is 3.36. The quantitative estimate of drug-likeness (QED) is 0.826. The third kappa shape index (κ3) is 2.21. The van der Waals surface area contributed by atoms with E-state index in [1.165, 1.54) is 25.7 Å². The molecule has 2 nitrogen and oxygen atoms in total. The first-order valence-corrected chi connectivity index (χ1v) is 6.56. The molecule has 17 heavy (non-hydrogen) atoms. The van der Waals surface area contributed by atoms with E-state index in [9.17, 15) is 0 Å². The van der Waals surface area contributed by atoms with E-state index in [-0.39, 0.29) is 0 Å². The van der Waals surface area contributed by atoms with Gasteiger partial charge >= 0.3 is 0 Å². The maximum Gasteiger partial charge on any atom is 0.0827 e. The van der Waals surface area contributed by atoms with Gasteiger partial charge in [-0.2, -0.15) is 0 Å². The van der Waals surface area contributed by atoms with Gasteiger partial charge in [0, 0.05) is 6.04 Å². The minimum atomic E-state index is 0.444. The fourth-order valence-corrected chi connectivity index (χ4v) is 3.24. The molecule has 1 aliphatic carbocycles. The van der Waals surface area contributed by atoms with Crippen molar-refractivity contribution in [1.82, 2.24) is 5.32 Å². The molecular weight excluding hydrogens is 208 g/mol. The number of benzene rings is 1. The number of nitrogens with zero attached hydrogens (tertiary/aromatic N) is 1. The van der Waals surface area contributed by atoms with E-state index >= 15 is 0 Å². The molecule has 0 saturated heterocycles. The highest BCUT2D eigenvalue weighted by molar-refractivity contribution is 5.57. The molecule has 1 N–H and O–H groups in total. The van der Waals surface area contributed by atoms with Crippen molar-refractivity contribution >= 4 is 6.34 Å². The highest BCUT2D eigenvalue weighted by Crippen LogP contribution is 2.38. The van der Waals surface area contributed by atoms with Crippen LogP contribution in [0.5, 0.6) is 0 Å². The van der Waals surface area contributed by atoms with Crippen LogP contribution in [-0.2, 0) is 12.8 Å². The van der Waals surface area contributed by atoms with Crippen molar-refractivity contribution < 1.29 is 0 Å². The molecule has 1 aliphatic heterocycles. The molecule has 0 radical (unpaired) electrons. The molecule has 3 rings (SSSR count). The molecule has 1 aromatic rings. The molecule has 2 heteroatoms. The zero-order chi connectivity index (χ0) is 11.7. The molecule has 90 valence electrons. The minimum Gasteiger partial charge on any atom is -0.372 e. The van der Waals surface area contributed by atoms with E-state index in [4.69, 9.17) is 0 Å². The number of aryl methyl sites for hydroxylation is 1. The molecule has 0 amide bonds. The van der Waals surface area contributed by atoms with Gasteiger partial charge in [-0.05, 0) is 42.2 Å². The maximum absolute atomic E-state index is 4.27. The smallest absolute Gasteiger partial charge is 0.0827 e. The van der Waals surface area contributed by atoms with Gasteiger partial charge in [0.05, 0.1) is 12.9 Å². The minimum absolute atomic E-state index is 0.444.